The van der Waals surface area contributed by atoms with Crippen LogP contribution in [0, 0.1) is 5.92 Å². The Morgan fingerprint density at radius 2 is 2.00 bits per heavy atom. The summed E-state index contributed by atoms with van der Waals surface area (Å²) in [5, 5.41) is 6.77. The summed E-state index contributed by atoms with van der Waals surface area (Å²) in [7, 11) is 0. The normalized spacial score (nSPS) is 18.6. The van der Waals surface area contributed by atoms with Crippen molar-refractivity contribution in [3.05, 3.63) is 59.8 Å². The van der Waals surface area contributed by atoms with E-state index in [0.29, 0.717) is 25.1 Å². The zero-order valence-corrected chi connectivity index (χ0v) is 17.6. The second kappa shape index (κ2) is 10.4. The maximum absolute atomic E-state index is 5.90. The van der Waals surface area contributed by atoms with Crippen molar-refractivity contribution in [2.24, 2.45) is 10.9 Å². The van der Waals surface area contributed by atoms with Gasteiger partial charge in [0.15, 0.2) is 5.96 Å². The minimum atomic E-state index is 0. The molecule has 0 bridgehead atoms. The van der Waals surface area contributed by atoms with E-state index >= 15 is 0 Å². The summed E-state index contributed by atoms with van der Waals surface area (Å²) in [4.78, 5) is 9.06. The van der Waals surface area contributed by atoms with Crippen LogP contribution in [0.25, 0.3) is 0 Å². The van der Waals surface area contributed by atoms with E-state index in [1.807, 2.05) is 42.5 Å². The molecule has 1 aromatic heterocycles. The molecule has 1 aromatic carbocycles. The van der Waals surface area contributed by atoms with Crippen LogP contribution in [0.1, 0.15) is 31.4 Å². The smallest absolute Gasteiger partial charge is 0.218 e. The van der Waals surface area contributed by atoms with E-state index < -0.39 is 0 Å². The third kappa shape index (κ3) is 6.16. The number of rotatable bonds is 7. The van der Waals surface area contributed by atoms with Crippen molar-refractivity contribution in [3.63, 3.8) is 0 Å². The highest BCUT2D eigenvalue weighted by Gasteiger charge is 2.33. The first-order chi connectivity index (χ1) is 12.3. The van der Waals surface area contributed by atoms with Gasteiger partial charge in [0.25, 0.3) is 0 Å². The standard InChI is InChI=1S/C20H26N4O.HI/c1-3-21-20(24-18-12-15(18)2)23-13-17-10-7-11-22-19(17)25-14-16-8-5-4-6-9-16;/h4-11,15,18H,3,12-14H2,1-2H3,(H2,21,23,24);1H. The average Bonchev–Trinajstić information content (AvgIpc) is 3.34. The number of benzene rings is 1. The summed E-state index contributed by atoms with van der Waals surface area (Å²) in [5.41, 5.74) is 2.11. The number of guanidine groups is 1. The van der Waals surface area contributed by atoms with Gasteiger partial charge in [0, 0.05) is 24.3 Å². The fourth-order valence-electron chi connectivity index (χ4n) is 2.58. The van der Waals surface area contributed by atoms with Crippen LogP contribution >= 0.6 is 24.0 Å². The van der Waals surface area contributed by atoms with Crippen molar-refractivity contribution in [1.82, 2.24) is 15.6 Å². The van der Waals surface area contributed by atoms with Gasteiger partial charge in [0.05, 0.1) is 6.54 Å². The first-order valence-corrected chi connectivity index (χ1v) is 8.91. The molecule has 1 aliphatic rings. The molecule has 1 fully saturated rings. The van der Waals surface area contributed by atoms with Crippen molar-refractivity contribution in [2.75, 3.05) is 6.54 Å². The Kier molecular flexibility index (Phi) is 8.15. The Balaban J connectivity index is 0.00000243. The highest BCUT2D eigenvalue weighted by atomic mass is 127. The molecular formula is C20H27IN4O. The highest BCUT2D eigenvalue weighted by molar-refractivity contribution is 14.0. The Morgan fingerprint density at radius 1 is 1.23 bits per heavy atom. The first kappa shape index (κ1) is 20.5. The van der Waals surface area contributed by atoms with Gasteiger partial charge >= 0.3 is 0 Å². The van der Waals surface area contributed by atoms with E-state index in [0.717, 1.165) is 29.5 Å². The maximum atomic E-state index is 5.90. The van der Waals surface area contributed by atoms with Crippen molar-refractivity contribution in [1.29, 1.82) is 0 Å². The molecule has 0 aliphatic heterocycles. The summed E-state index contributed by atoms with van der Waals surface area (Å²) >= 11 is 0. The van der Waals surface area contributed by atoms with Crippen LogP contribution in [0.2, 0.25) is 0 Å². The average molecular weight is 466 g/mol. The second-order valence-corrected chi connectivity index (χ2v) is 6.40. The quantitative estimate of drug-likeness (QED) is 0.371. The van der Waals surface area contributed by atoms with Crippen LogP contribution in [0.4, 0.5) is 0 Å². The molecular weight excluding hydrogens is 439 g/mol. The van der Waals surface area contributed by atoms with Crippen molar-refractivity contribution in [2.45, 2.75) is 39.5 Å². The molecule has 26 heavy (non-hydrogen) atoms. The summed E-state index contributed by atoms with van der Waals surface area (Å²) in [5.74, 6) is 2.23. The van der Waals surface area contributed by atoms with Gasteiger partial charge in [-0.15, -0.1) is 24.0 Å². The highest BCUT2D eigenvalue weighted by Crippen LogP contribution is 2.28. The SMILES string of the molecule is CCNC(=NCc1cccnc1OCc1ccccc1)NC1CC1C.I. The number of ether oxygens (including phenoxy) is 1. The fraction of sp³-hybridized carbons (Fsp3) is 0.400. The molecule has 1 heterocycles. The molecule has 2 atom stereocenters. The molecule has 2 unspecified atom stereocenters. The third-order valence-corrected chi connectivity index (χ3v) is 4.25. The lowest BCUT2D eigenvalue weighted by molar-refractivity contribution is 0.290. The molecule has 2 aromatic rings. The number of nitrogens with zero attached hydrogens (tertiary/aromatic N) is 2. The van der Waals surface area contributed by atoms with E-state index in [-0.39, 0.29) is 24.0 Å². The predicted octanol–water partition coefficient (Wildman–Crippen LogP) is 3.74. The number of hydrogen-bond acceptors (Lipinski definition) is 3. The summed E-state index contributed by atoms with van der Waals surface area (Å²) in [6.07, 6.45) is 2.96. The van der Waals surface area contributed by atoms with Crippen LogP contribution < -0.4 is 15.4 Å². The van der Waals surface area contributed by atoms with Gasteiger partial charge in [-0.25, -0.2) is 9.98 Å². The Hall–Kier alpha value is -1.83. The molecule has 6 heteroatoms. The van der Waals surface area contributed by atoms with Crippen molar-refractivity contribution < 1.29 is 4.74 Å². The van der Waals surface area contributed by atoms with Gasteiger partial charge in [-0.05, 0) is 30.9 Å². The van der Waals surface area contributed by atoms with Crippen LogP contribution in [0.3, 0.4) is 0 Å². The molecule has 0 saturated heterocycles. The van der Waals surface area contributed by atoms with Crippen molar-refractivity contribution in [3.8, 4) is 5.88 Å². The molecule has 5 nitrogen and oxygen atoms in total. The van der Waals surface area contributed by atoms with Crippen LogP contribution in [-0.4, -0.2) is 23.5 Å². The van der Waals surface area contributed by atoms with E-state index in [1.54, 1.807) is 6.20 Å². The van der Waals surface area contributed by atoms with Gasteiger partial charge < -0.3 is 15.4 Å². The lowest BCUT2D eigenvalue weighted by Crippen LogP contribution is -2.39. The maximum Gasteiger partial charge on any atom is 0.218 e. The van der Waals surface area contributed by atoms with Gasteiger partial charge in [-0.2, -0.15) is 0 Å². The van der Waals surface area contributed by atoms with Gasteiger partial charge in [0.1, 0.15) is 6.61 Å². The van der Waals surface area contributed by atoms with Gasteiger partial charge in [0.2, 0.25) is 5.88 Å². The zero-order valence-electron chi connectivity index (χ0n) is 15.3. The lowest BCUT2D eigenvalue weighted by atomic mass is 10.2. The van der Waals surface area contributed by atoms with E-state index in [4.69, 9.17) is 4.74 Å². The number of hydrogen-bond donors (Lipinski definition) is 2. The zero-order chi connectivity index (χ0) is 17.5. The predicted molar refractivity (Wildman–Crippen MR) is 116 cm³/mol. The fourth-order valence-corrected chi connectivity index (χ4v) is 2.58. The van der Waals surface area contributed by atoms with Gasteiger partial charge in [-0.1, -0.05) is 43.3 Å². The molecule has 1 saturated carbocycles. The van der Waals surface area contributed by atoms with Crippen molar-refractivity contribution >= 4 is 29.9 Å². The Bertz CT molecular complexity index is 708. The van der Waals surface area contributed by atoms with E-state index in [1.165, 1.54) is 6.42 Å². The van der Waals surface area contributed by atoms with Crippen LogP contribution in [0.5, 0.6) is 5.88 Å². The largest absolute Gasteiger partial charge is 0.473 e. The molecule has 0 amide bonds. The summed E-state index contributed by atoms with van der Waals surface area (Å²) in [6.45, 7) is 6.21. The number of aliphatic imine (C=N–C) groups is 1. The molecule has 140 valence electrons. The molecule has 0 radical (unpaired) electrons. The minimum absolute atomic E-state index is 0. The van der Waals surface area contributed by atoms with Crippen LogP contribution in [0.15, 0.2) is 53.7 Å². The number of halogens is 1. The minimum Gasteiger partial charge on any atom is -0.473 e. The van der Waals surface area contributed by atoms with E-state index in [2.05, 4.69) is 34.5 Å². The number of pyridine rings is 1. The third-order valence-electron chi connectivity index (χ3n) is 4.25. The molecule has 0 spiro atoms. The summed E-state index contributed by atoms with van der Waals surface area (Å²) in [6, 6.07) is 14.6. The van der Waals surface area contributed by atoms with Crippen LogP contribution in [-0.2, 0) is 13.2 Å². The molecule has 3 rings (SSSR count). The first-order valence-electron chi connectivity index (χ1n) is 8.91. The van der Waals surface area contributed by atoms with Gasteiger partial charge in [-0.3, -0.25) is 0 Å². The number of nitrogens with one attached hydrogen (secondary N) is 2. The Morgan fingerprint density at radius 3 is 2.69 bits per heavy atom. The van der Waals surface area contributed by atoms with E-state index in [9.17, 15) is 0 Å². The number of aromatic nitrogens is 1. The summed E-state index contributed by atoms with van der Waals surface area (Å²) < 4.78 is 5.90. The topological polar surface area (TPSA) is 58.5 Å². The lowest BCUT2D eigenvalue weighted by Gasteiger charge is -2.12. The Labute approximate surface area is 172 Å². The molecule has 2 N–H and O–H groups in total. The molecule has 1 aliphatic carbocycles. The monoisotopic (exact) mass is 466 g/mol. The second-order valence-electron chi connectivity index (χ2n) is 6.40.